The van der Waals surface area contributed by atoms with E-state index in [1.807, 2.05) is 25.3 Å². The maximum atomic E-state index is 9.74. The quantitative estimate of drug-likeness (QED) is 0.855. The highest BCUT2D eigenvalue weighted by Crippen LogP contribution is 2.25. The van der Waals surface area contributed by atoms with E-state index < -0.39 is 6.10 Å². The average Bonchev–Trinajstić information content (AvgIpc) is 2.47. The first-order chi connectivity index (χ1) is 9.24. The molecule has 19 heavy (non-hydrogen) atoms. The molecule has 1 saturated heterocycles. The van der Waals surface area contributed by atoms with E-state index in [1.165, 1.54) is 12.8 Å². The fraction of sp³-hybridized carbons (Fsp3) is 0.667. The van der Waals surface area contributed by atoms with Crippen molar-refractivity contribution < 1.29 is 10.2 Å². The van der Waals surface area contributed by atoms with Crippen LogP contribution in [-0.2, 0) is 0 Å². The average molecular weight is 264 g/mol. The minimum Gasteiger partial charge on any atom is -0.396 e. The minimum atomic E-state index is -0.461. The van der Waals surface area contributed by atoms with Gasteiger partial charge in [-0.3, -0.25) is 4.98 Å². The summed E-state index contributed by atoms with van der Waals surface area (Å²) in [6.45, 7) is 4.28. The molecule has 0 aromatic carbocycles. The highest BCUT2D eigenvalue weighted by Gasteiger charge is 2.20. The van der Waals surface area contributed by atoms with Crippen LogP contribution in [0.5, 0.6) is 0 Å². The lowest BCUT2D eigenvalue weighted by Gasteiger charge is -2.34. The summed E-state index contributed by atoms with van der Waals surface area (Å²) in [5.74, 6) is 0.583. The summed E-state index contributed by atoms with van der Waals surface area (Å²) in [4.78, 5) is 6.69. The molecule has 1 aliphatic heterocycles. The number of piperidine rings is 1. The lowest BCUT2D eigenvalue weighted by Crippen LogP contribution is -2.35. The molecule has 0 amide bonds. The van der Waals surface area contributed by atoms with Crippen molar-refractivity contribution in [1.82, 2.24) is 4.98 Å². The van der Waals surface area contributed by atoms with E-state index in [0.29, 0.717) is 12.3 Å². The number of nitrogens with zero attached hydrogens (tertiary/aromatic N) is 2. The molecule has 0 radical (unpaired) electrons. The Bertz CT molecular complexity index is 378. The number of anilines is 1. The third kappa shape index (κ3) is 3.67. The number of aromatic nitrogens is 1. The Hall–Kier alpha value is -1.13. The van der Waals surface area contributed by atoms with Crippen LogP contribution in [0.4, 0.5) is 5.69 Å². The Balaban J connectivity index is 2.01. The molecule has 1 aliphatic rings. The van der Waals surface area contributed by atoms with Crippen LogP contribution in [0, 0.1) is 5.92 Å². The predicted octanol–water partition coefficient (Wildman–Crippen LogP) is 2.12. The molecular formula is C15H24N2O2. The van der Waals surface area contributed by atoms with Crippen LogP contribution in [0.3, 0.4) is 0 Å². The molecular weight excluding hydrogens is 240 g/mol. The van der Waals surface area contributed by atoms with E-state index in [2.05, 4.69) is 9.88 Å². The number of aliphatic hydroxyl groups excluding tert-OH is 2. The summed E-state index contributed by atoms with van der Waals surface area (Å²) in [7, 11) is 0. The highest BCUT2D eigenvalue weighted by atomic mass is 16.3. The van der Waals surface area contributed by atoms with Gasteiger partial charge in [-0.05, 0) is 43.7 Å². The summed E-state index contributed by atoms with van der Waals surface area (Å²) >= 11 is 0. The van der Waals surface area contributed by atoms with E-state index >= 15 is 0 Å². The van der Waals surface area contributed by atoms with Crippen molar-refractivity contribution in [2.24, 2.45) is 5.92 Å². The summed E-state index contributed by atoms with van der Waals surface area (Å²) in [5, 5.41) is 18.8. The number of hydrogen-bond acceptors (Lipinski definition) is 4. The first-order valence-corrected chi connectivity index (χ1v) is 7.24. The third-order valence-corrected chi connectivity index (χ3v) is 3.92. The van der Waals surface area contributed by atoms with Gasteiger partial charge in [-0.15, -0.1) is 0 Å². The number of rotatable bonds is 5. The maximum Gasteiger partial charge on any atom is 0.0957 e. The Morgan fingerprint density at radius 3 is 2.95 bits per heavy atom. The van der Waals surface area contributed by atoms with Crippen LogP contribution >= 0.6 is 0 Å². The van der Waals surface area contributed by atoms with Gasteiger partial charge in [0.1, 0.15) is 0 Å². The van der Waals surface area contributed by atoms with Crippen LogP contribution < -0.4 is 4.90 Å². The molecule has 2 atom stereocenters. The fourth-order valence-corrected chi connectivity index (χ4v) is 2.71. The molecule has 2 rings (SSSR count). The molecule has 0 aliphatic carbocycles. The number of aliphatic hydroxyl groups is 2. The van der Waals surface area contributed by atoms with Crippen molar-refractivity contribution in [3.8, 4) is 0 Å². The van der Waals surface area contributed by atoms with Crippen molar-refractivity contribution in [2.45, 2.75) is 38.7 Å². The minimum absolute atomic E-state index is 0.276. The molecule has 106 valence electrons. The zero-order chi connectivity index (χ0) is 13.7. The second-order valence-electron chi connectivity index (χ2n) is 5.33. The van der Waals surface area contributed by atoms with Crippen molar-refractivity contribution in [1.29, 1.82) is 0 Å². The molecule has 4 heteroatoms. The maximum absolute atomic E-state index is 9.74. The molecule has 4 nitrogen and oxygen atoms in total. The molecule has 2 heterocycles. The standard InChI is InChI=1S/C15H24N2O2/c1-2-15(19)14-6-5-13(10-16-14)17-8-3-4-12(11-17)7-9-18/h5-6,10,12,15,18-19H,2-4,7-9,11H2,1H3/t12?,15-/m1/s1. The smallest absolute Gasteiger partial charge is 0.0957 e. The zero-order valence-electron chi connectivity index (χ0n) is 11.6. The van der Waals surface area contributed by atoms with Gasteiger partial charge >= 0.3 is 0 Å². The van der Waals surface area contributed by atoms with Gasteiger partial charge in [-0.25, -0.2) is 0 Å². The third-order valence-electron chi connectivity index (χ3n) is 3.92. The molecule has 2 N–H and O–H groups in total. The van der Waals surface area contributed by atoms with Gasteiger partial charge in [0.15, 0.2) is 0 Å². The van der Waals surface area contributed by atoms with E-state index in [0.717, 1.165) is 30.9 Å². The van der Waals surface area contributed by atoms with Crippen molar-refractivity contribution in [2.75, 3.05) is 24.6 Å². The first-order valence-electron chi connectivity index (χ1n) is 7.24. The summed E-state index contributed by atoms with van der Waals surface area (Å²) in [6.07, 6.45) is 5.35. The van der Waals surface area contributed by atoms with E-state index in [-0.39, 0.29) is 6.61 Å². The van der Waals surface area contributed by atoms with Gasteiger partial charge in [-0.1, -0.05) is 6.92 Å². The van der Waals surface area contributed by atoms with Crippen molar-refractivity contribution in [3.05, 3.63) is 24.0 Å². The van der Waals surface area contributed by atoms with Gasteiger partial charge in [0.05, 0.1) is 23.7 Å². The Morgan fingerprint density at radius 1 is 1.47 bits per heavy atom. The molecule has 1 fully saturated rings. The Morgan fingerprint density at radius 2 is 2.32 bits per heavy atom. The van der Waals surface area contributed by atoms with Crippen LogP contribution in [0.15, 0.2) is 18.3 Å². The van der Waals surface area contributed by atoms with Crippen molar-refractivity contribution in [3.63, 3.8) is 0 Å². The SMILES string of the molecule is CC[C@@H](O)c1ccc(N2CCCC(CCO)C2)cn1. The monoisotopic (exact) mass is 264 g/mol. The van der Waals surface area contributed by atoms with Crippen LogP contribution in [0.2, 0.25) is 0 Å². The van der Waals surface area contributed by atoms with Crippen LogP contribution in [0.1, 0.15) is 44.4 Å². The second kappa shape index (κ2) is 6.87. The second-order valence-corrected chi connectivity index (χ2v) is 5.33. The van der Waals surface area contributed by atoms with Gasteiger partial charge in [0, 0.05) is 19.7 Å². The molecule has 1 aromatic heterocycles. The molecule has 0 spiro atoms. The summed E-state index contributed by atoms with van der Waals surface area (Å²) in [5.41, 5.74) is 1.87. The highest BCUT2D eigenvalue weighted by molar-refractivity contribution is 5.45. The lowest BCUT2D eigenvalue weighted by molar-refractivity contribution is 0.169. The molecule has 1 unspecified atom stereocenters. The largest absolute Gasteiger partial charge is 0.396 e. The first kappa shape index (κ1) is 14.3. The van der Waals surface area contributed by atoms with Crippen molar-refractivity contribution >= 4 is 5.69 Å². The molecule has 0 saturated carbocycles. The van der Waals surface area contributed by atoms with E-state index in [4.69, 9.17) is 5.11 Å². The van der Waals surface area contributed by atoms with Gasteiger partial charge in [-0.2, -0.15) is 0 Å². The topological polar surface area (TPSA) is 56.6 Å². The fourth-order valence-electron chi connectivity index (χ4n) is 2.71. The number of pyridine rings is 1. The Labute approximate surface area is 115 Å². The summed E-state index contributed by atoms with van der Waals surface area (Å²) in [6, 6.07) is 3.96. The van der Waals surface area contributed by atoms with E-state index in [1.54, 1.807) is 0 Å². The normalized spacial score (nSPS) is 21.4. The molecule has 0 bridgehead atoms. The Kier molecular flexibility index (Phi) is 5.16. The van der Waals surface area contributed by atoms with Crippen LogP contribution in [0.25, 0.3) is 0 Å². The molecule has 1 aromatic rings. The van der Waals surface area contributed by atoms with Crippen LogP contribution in [-0.4, -0.2) is 34.9 Å². The van der Waals surface area contributed by atoms with Gasteiger partial charge in [0.2, 0.25) is 0 Å². The van der Waals surface area contributed by atoms with Gasteiger partial charge < -0.3 is 15.1 Å². The number of hydrogen-bond donors (Lipinski definition) is 2. The lowest BCUT2D eigenvalue weighted by atomic mass is 9.95. The zero-order valence-corrected chi connectivity index (χ0v) is 11.6. The van der Waals surface area contributed by atoms with E-state index in [9.17, 15) is 5.11 Å². The summed E-state index contributed by atoms with van der Waals surface area (Å²) < 4.78 is 0. The van der Waals surface area contributed by atoms with Gasteiger partial charge in [0.25, 0.3) is 0 Å². The predicted molar refractivity (Wildman–Crippen MR) is 76.1 cm³/mol.